The molecule has 1 saturated heterocycles. The smallest absolute Gasteiger partial charge is 0.289 e. The first-order valence-corrected chi connectivity index (χ1v) is 8.51. The maximum Gasteiger partial charge on any atom is 0.289 e. The number of hydrogen-bond donors (Lipinski definition) is 1. The van der Waals surface area contributed by atoms with Crippen molar-refractivity contribution in [1.82, 2.24) is 20.0 Å². The molecule has 1 aromatic heterocycles. The Balaban J connectivity index is 1.78. The minimum Gasteiger partial charge on any atom is -0.459 e. The molecule has 2 rings (SSSR count). The highest BCUT2D eigenvalue weighted by Crippen LogP contribution is 2.09. The maximum absolute atomic E-state index is 12.3. The number of nitrogens with zero attached hydrogens (tertiary/aromatic N) is 4. The van der Waals surface area contributed by atoms with Gasteiger partial charge in [-0.25, -0.2) is 0 Å². The van der Waals surface area contributed by atoms with Crippen molar-refractivity contribution in [2.24, 2.45) is 4.99 Å². The third kappa shape index (κ3) is 4.74. The van der Waals surface area contributed by atoms with Crippen LogP contribution in [0.25, 0.3) is 0 Å². The molecular formula is C17H29N5O2. The van der Waals surface area contributed by atoms with Crippen molar-refractivity contribution in [2.75, 3.05) is 53.4 Å². The molecule has 24 heavy (non-hydrogen) atoms. The molecule has 0 aliphatic carbocycles. The molecule has 2 heterocycles. The first kappa shape index (κ1) is 18.3. The summed E-state index contributed by atoms with van der Waals surface area (Å²) in [6, 6.07) is 3.98. The molecule has 1 N–H and O–H groups in total. The van der Waals surface area contributed by atoms with Crippen LogP contribution >= 0.6 is 0 Å². The Labute approximate surface area is 144 Å². The van der Waals surface area contributed by atoms with Gasteiger partial charge < -0.3 is 24.4 Å². The summed E-state index contributed by atoms with van der Waals surface area (Å²) in [6.07, 6.45) is 1.53. The van der Waals surface area contributed by atoms with Crippen LogP contribution in [0.4, 0.5) is 0 Å². The highest BCUT2D eigenvalue weighted by Gasteiger charge is 2.25. The van der Waals surface area contributed by atoms with Crippen LogP contribution in [0.3, 0.4) is 0 Å². The van der Waals surface area contributed by atoms with Gasteiger partial charge in [-0.3, -0.25) is 9.79 Å². The third-order valence-corrected chi connectivity index (χ3v) is 4.44. The molecule has 134 valence electrons. The summed E-state index contributed by atoms with van der Waals surface area (Å²) in [5.41, 5.74) is 0. The number of amides is 1. The summed E-state index contributed by atoms with van der Waals surface area (Å²) in [4.78, 5) is 23.0. The van der Waals surface area contributed by atoms with Gasteiger partial charge >= 0.3 is 0 Å². The van der Waals surface area contributed by atoms with Crippen molar-refractivity contribution in [3.63, 3.8) is 0 Å². The molecule has 1 amide bonds. The van der Waals surface area contributed by atoms with E-state index in [1.807, 2.05) is 4.90 Å². The van der Waals surface area contributed by atoms with Gasteiger partial charge in [0.15, 0.2) is 11.7 Å². The van der Waals surface area contributed by atoms with Crippen LogP contribution in [0, 0.1) is 0 Å². The first-order chi connectivity index (χ1) is 11.5. The quantitative estimate of drug-likeness (QED) is 0.641. The molecule has 0 spiro atoms. The predicted molar refractivity (Wildman–Crippen MR) is 95.3 cm³/mol. The van der Waals surface area contributed by atoms with E-state index in [9.17, 15) is 4.79 Å². The molecule has 0 radical (unpaired) electrons. The molecule has 7 heteroatoms. The van der Waals surface area contributed by atoms with Crippen molar-refractivity contribution in [1.29, 1.82) is 0 Å². The monoisotopic (exact) mass is 335 g/mol. The molecule has 0 unspecified atom stereocenters. The minimum atomic E-state index is -0.0406. The van der Waals surface area contributed by atoms with Crippen LogP contribution < -0.4 is 5.32 Å². The Kier molecular flexibility index (Phi) is 6.66. The minimum absolute atomic E-state index is 0.0406. The fraction of sp³-hybridized carbons (Fsp3) is 0.647. The Morgan fingerprint density at radius 2 is 2.00 bits per heavy atom. The molecule has 1 aliphatic rings. The van der Waals surface area contributed by atoms with E-state index < -0.39 is 0 Å². The molecule has 7 nitrogen and oxygen atoms in total. The van der Waals surface area contributed by atoms with Crippen molar-refractivity contribution in [2.45, 2.75) is 19.9 Å². The second-order valence-electron chi connectivity index (χ2n) is 6.30. The lowest BCUT2D eigenvalue weighted by molar-refractivity contribution is 0.0657. The largest absolute Gasteiger partial charge is 0.459 e. The highest BCUT2D eigenvalue weighted by atomic mass is 16.3. The van der Waals surface area contributed by atoms with Crippen LogP contribution in [-0.2, 0) is 0 Å². The van der Waals surface area contributed by atoms with Crippen LogP contribution in [0.5, 0.6) is 0 Å². The SMILES string of the molecule is CN=C(NCCN(C)C(C)C)N1CCN(C(=O)c2ccco2)CC1. The molecule has 0 bridgehead atoms. The molecule has 1 aromatic rings. The van der Waals surface area contributed by atoms with Crippen molar-refractivity contribution >= 4 is 11.9 Å². The predicted octanol–water partition coefficient (Wildman–Crippen LogP) is 0.953. The van der Waals surface area contributed by atoms with Crippen LogP contribution in [0.2, 0.25) is 0 Å². The number of carbonyl (C=O) groups excluding carboxylic acids is 1. The fourth-order valence-corrected chi connectivity index (χ4v) is 2.61. The number of hydrogen-bond acceptors (Lipinski definition) is 4. The van der Waals surface area contributed by atoms with Gasteiger partial charge in [-0.2, -0.15) is 0 Å². The number of furan rings is 1. The van der Waals surface area contributed by atoms with E-state index in [1.54, 1.807) is 19.2 Å². The molecule has 1 aliphatic heterocycles. The third-order valence-electron chi connectivity index (χ3n) is 4.44. The van der Waals surface area contributed by atoms with Gasteiger partial charge in [0.1, 0.15) is 0 Å². The van der Waals surface area contributed by atoms with E-state index in [4.69, 9.17) is 4.42 Å². The maximum atomic E-state index is 12.3. The van der Waals surface area contributed by atoms with Gasteiger partial charge in [0.25, 0.3) is 5.91 Å². The summed E-state index contributed by atoms with van der Waals surface area (Å²) in [6.45, 7) is 9.07. The zero-order chi connectivity index (χ0) is 17.5. The van der Waals surface area contributed by atoms with Gasteiger partial charge in [0.2, 0.25) is 0 Å². The van der Waals surface area contributed by atoms with Crippen molar-refractivity contribution in [3.8, 4) is 0 Å². The van der Waals surface area contributed by atoms with E-state index in [0.717, 1.165) is 32.1 Å². The van der Waals surface area contributed by atoms with Gasteiger partial charge in [0, 0.05) is 52.4 Å². The lowest BCUT2D eigenvalue weighted by Gasteiger charge is -2.36. The van der Waals surface area contributed by atoms with Gasteiger partial charge in [-0.1, -0.05) is 0 Å². The average Bonchev–Trinajstić information content (AvgIpc) is 3.12. The Morgan fingerprint density at radius 1 is 1.33 bits per heavy atom. The van der Waals surface area contributed by atoms with Gasteiger partial charge in [-0.05, 0) is 33.0 Å². The molecule has 0 atom stereocenters. The summed E-state index contributed by atoms with van der Waals surface area (Å²) in [5, 5.41) is 3.41. The van der Waals surface area contributed by atoms with Crippen LogP contribution in [0.15, 0.2) is 27.8 Å². The zero-order valence-corrected chi connectivity index (χ0v) is 15.2. The first-order valence-electron chi connectivity index (χ1n) is 8.51. The number of piperazine rings is 1. The van der Waals surface area contributed by atoms with E-state index in [1.165, 1.54) is 6.26 Å². The second kappa shape index (κ2) is 8.73. The molecular weight excluding hydrogens is 306 g/mol. The van der Waals surface area contributed by atoms with Gasteiger partial charge in [0.05, 0.1) is 6.26 Å². The number of rotatable bonds is 5. The average molecular weight is 335 g/mol. The van der Waals surface area contributed by atoms with E-state index in [-0.39, 0.29) is 5.91 Å². The number of likely N-dealkylation sites (N-methyl/N-ethyl adjacent to an activating group) is 1. The van der Waals surface area contributed by atoms with E-state index in [0.29, 0.717) is 24.9 Å². The van der Waals surface area contributed by atoms with Crippen LogP contribution in [-0.4, -0.2) is 86.0 Å². The molecule has 1 fully saturated rings. The lowest BCUT2D eigenvalue weighted by Crippen LogP contribution is -2.54. The lowest BCUT2D eigenvalue weighted by atomic mass is 10.3. The second-order valence-corrected chi connectivity index (χ2v) is 6.30. The van der Waals surface area contributed by atoms with Crippen LogP contribution in [0.1, 0.15) is 24.4 Å². The number of aliphatic imine (C=N–C) groups is 1. The number of nitrogens with one attached hydrogen (secondary N) is 1. The Hall–Kier alpha value is -2.02. The number of carbonyl (C=O) groups is 1. The van der Waals surface area contributed by atoms with Crippen molar-refractivity contribution in [3.05, 3.63) is 24.2 Å². The summed E-state index contributed by atoms with van der Waals surface area (Å²) in [5.74, 6) is 1.26. The summed E-state index contributed by atoms with van der Waals surface area (Å²) < 4.78 is 5.19. The molecule has 0 aromatic carbocycles. The Morgan fingerprint density at radius 3 is 2.54 bits per heavy atom. The summed E-state index contributed by atoms with van der Waals surface area (Å²) >= 11 is 0. The fourth-order valence-electron chi connectivity index (χ4n) is 2.61. The zero-order valence-electron chi connectivity index (χ0n) is 15.2. The Bertz CT molecular complexity index is 533. The highest BCUT2D eigenvalue weighted by molar-refractivity contribution is 5.91. The van der Waals surface area contributed by atoms with Gasteiger partial charge in [-0.15, -0.1) is 0 Å². The van der Waals surface area contributed by atoms with E-state index >= 15 is 0 Å². The van der Waals surface area contributed by atoms with Crippen molar-refractivity contribution < 1.29 is 9.21 Å². The number of guanidine groups is 1. The standard InChI is InChI=1S/C17H29N5O2/c1-14(2)20(4)8-7-19-17(18-3)22-11-9-21(10-12-22)16(23)15-6-5-13-24-15/h5-6,13-14H,7-12H2,1-4H3,(H,18,19). The summed E-state index contributed by atoms with van der Waals surface area (Å²) in [7, 11) is 3.92. The normalized spacial score (nSPS) is 16.2. The molecule has 0 saturated carbocycles. The topological polar surface area (TPSA) is 64.3 Å². The van der Waals surface area contributed by atoms with E-state index in [2.05, 4.69) is 41.0 Å².